The molecule has 2 aromatic rings. The van der Waals surface area contributed by atoms with E-state index in [1.54, 1.807) is 7.11 Å². The Morgan fingerprint density at radius 2 is 1.65 bits per heavy atom. The van der Waals surface area contributed by atoms with E-state index in [2.05, 4.69) is 24.1 Å². The number of benzene rings is 2. The molecule has 5 nitrogen and oxygen atoms in total. The van der Waals surface area contributed by atoms with E-state index in [4.69, 9.17) is 18.9 Å². The summed E-state index contributed by atoms with van der Waals surface area (Å²) in [4.78, 5) is 2.35. The molecule has 26 heavy (non-hydrogen) atoms. The fraction of sp³-hybridized carbons (Fsp3) is 0.429. The average molecular weight is 357 g/mol. The van der Waals surface area contributed by atoms with E-state index in [9.17, 15) is 0 Å². The number of methoxy groups -OCH3 is 1. The number of hydrogen-bond donors (Lipinski definition) is 0. The summed E-state index contributed by atoms with van der Waals surface area (Å²) in [5.74, 6) is 3.29. The fourth-order valence-electron chi connectivity index (χ4n) is 2.95. The van der Waals surface area contributed by atoms with Gasteiger partial charge in [0.25, 0.3) is 0 Å². The van der Waals surface area contributed by atoms with Crippen molar-refractivity contribution >= 4 is 0 Å². The lowest BCUT2D eigenvalue weighted by Crippen LogP contribution is -2.22. The predicted octanol–water partition coefficient (Wildman–Crippen LogP) is 3.76. The van der Waals surface area contributed by atoms with E-state index in [-0.39, 0.29) is 0 Å². The van der Waals surface area contributed by atoms with E-state index in [0.29, 0.717) is 13.4 Å². The average Bonchev–Trinajstić information content (AvgIpc) is 3.13. The van der Waals surface area contributed by atoms with Crippen molar-refractivity contribution in [2.75, 3.05) is 40.6 Å². The smallest absolute Gasteiger partial charge is 0.231 e. The molecule has 140 valence electrons. The second kappa shape index (κ2) is 9.34. The van der Waals surface area contributed by atoms with Crippen LogP contribution < -0.4 is 18.9 Å². The van der Waals surface area contributed by atoms with Crippen molar-refractivity contribution in [3.8, 4) is 23.0 Å². The van der Waals surface area contributed by atoms with Crippen LogP contribution in [0.1, 0.15) is 18.4 Å². The number of ether oxygens (including phenoxy) is 4. The van der Waals surface area contributed by atoms with Crippen molar-refractivity contribution < 1.29 is 18.9 Å². The first kappa shape index (κ1) is 18.4. The first-order chi connectivity index (χ1) is 12.7. The molecule has 5 heteroatoms. The molecule has 0 saturated carbocycles. The monoisotopic (exact) mass is 357 g/mol. The maximum Gasteiger partial charge on any atom is 0.231 e. The summed E-state index contributed by atoms with van der Waals surface area (Å²) in [6.45, 7) is 3.09. The maximum absolute atomic E-state index is 5.80. The van der Waals surface area contributed by atoms with E-state index in [0.717, 1.165) is 55.4 Å². The highest BCUT2D eigenvalue weighted by Gasteiger charge is 2.13. The fourth-order valence-corrected chi connectivity index (χ4v) is 2.95. The van der Waals surface area contributed by atoms with Gasteiger partial charge in [-0.25, -0.2) is 0 Å². The Morgan fingerprint density at radius 1 is 0.923 bits per heavy atom. The molecular weight excluding hydrogens is 330 g/mol. The summed E-state index contributed by atoms with van der Waals surface area (Å²) in [6, 6.07) is 14.0. The molecule has 1 aliphatic rings. The van der Waals surface area contributed by atoms with E-state index in [1.807, 2.05) is 30.3 Å². The molecule has 1 aliphatic heterocycles. The summed E-state index contributed by atoms with van der Waals surface area (Å²) in [7, 11) is 3.86. The summed E-state index contributed by atoms with van der Waals surface area (Å²) in [6.07, 6.45) is 3.22. The third kappa shape index (κ3) is 5.30. The van der Waals surface area contributed by atoms with Gasteiger partial charge < -0.3 is 23.8 Å². The predicted molar refractivity (Wildman–Crippen MR) is 101 cm³/mol. The van der Waals surface area contributed by atoms with Gasteiger partial charge >= 0.3 is 0 Å². The molecule has 0 N–H and O–H groups in total. The van der Waals surface area contributed by atoms with Crippen molar-refractivity contribution in [3.05, 3.63) is 48.0 Å². The Balaban J connectivity index is 1.28. The van der Waals surface area contributed by atoms with Crippen LogP contribution in [0.2, 0.25) is 0 Å². The topological polar surface area (TPSA) is 40.2 Å². The Labute approximate surface area is 155 Å². The van der Waals surface area contributed by atoms with Crippen LogP contribution in [-0.2, 0) is 6.42 Å². The third-order valence-electron chi connectivity index (χ3n) is 4.46. The number of nitrogens with zero attached hydrogens (tertiary/aromatic N) is 1. The zero-order chi connectivity index (χ0) is 18.2. The van der Waals surface area contributed by atoms with Gasteiger partial charge in [0.2, 0.25) is 6.79 Å². The number of hydrogen-bond acceptors (Lipinski definition) is 5. The molecule has 0 spiro atoms. The zero-order valence-corrected chi connectivity index (χ0v) is 15.6. The highest BCUT2D eigenvalue weighted by atomic mass is 16.7. The standard InChI is InChI=1S/C21H27NO4/c1-22(12-3-5-17-6-8-18(23-2)9-7-17)13-4-14-24-19-10-11-20-21(15-19)26-16-25-20/h6-11,15H,3-5,12-14,16H2,1-2H3. The van der Waals surface area contributed by atoms with Crippen molar-refractivity contribution in [1.29, 1.82) is 0 Å². The molecule has 3 rings (SSSR count). The Kier molecular flexibility index (Phi) is 6.61. The van der Waals surface area contributed by atoms with Crippen LogP contribution in [-0.4, -0.2) is 45.5 Å². The molecule has 0 amide bonds. The number of fused-ring (bicyclic) bond motifs is 1. The van der Waals surface area contributed by atoms with Gasteiger partial charge in [0, 0.05) is 12.6 Å². The second-order valence-corrected chi connectivity index (χ2v) is 6.47. The Morgan fingerprint density at radius 3 is 2.46 bits per heavy atom. The molecule has 0 radical (unpaired) electrons. The maximum atomic E-state index is 5.80. The molecule has 0 aromatic heterocycles. The minimum atomic E-state index is 0.292. The molecule has 0 fully saturated rings. The summed E-state index contributed by atoms with van der Waals surface area (Å²) in [5, 5.41) is 0. The highest BCUT2D eigenvalue weighted by Crippen LogP contribution is 2.35. The van der Waals surface area contributed by atoms with Gasteiger partial charge in [-0.15, -0.1) is 0 Å². The van der Waals surface area contributed by atoms with Crippen LogP contribution in [0.25, 0.3) is 0 Å². The van der Waals surface area contributed by atoms with E-state index >= 15 is 0 Å². The van der Waals surface area contributed by atoms with Gasteiger partial charge in [-0.05, 0) is 62.7 Å². The second-order valence-electron chi connectivity index (χ2n) is 6.47. The first-order valence-electron chi connectivity index (χ1n) is 9.08. The number of rotatable bonds is 10. The van der Waals surface area contributed by atoms with Gasteiger partial charge in [-0.2, -0.15) is 0 Å². The lowest BCUT2D eigenvalue weighted by atomic mass is 10.1. The van der Waals surface area contributed by atoms with Crippen LogP contribution in [0, 0.1) is 0 Å². The summed E-state index contributed by atoms with van der Waals surface area (Å²) in [5.41, 5.74) is 1.35. The van der Waals surface area contributed by atoms with Gasteiger partial charge in [0.05, 0.1) is 13.7 Å². The SMILES string of the molecule is COc1ccc(CCCN(C)CCCOc2ccc3c(c2)OCO3)cc1. The van der Waals surface area contributed by atoms with Crippen LogP contribution in [0.5, 0.6) is 23.0 Å². The number of aryl methyl sites for hydroxylation is 1. The van der Waals surface area contributed by atoms with Gasteiger partial charge in [-0.3, -0.25) is 0 Å². The quantitative estimate of drug-likeness (QED) is 0.606. The summed E-state index contributed by atoms with van der Waals surface area (Å²) >= 11 is 0. The van der Waals surface area contributed by atoms with Crippen molar-refractivity contribution in [2.24, 2.45) is 0 Å². The van der Waals surface area contributed by atoms with Crippen LogP contribution in [0.3, 0.4) is 0 Å². The molecule has 2 aromatic carbocycles. The Hall–Kier alpha value is -2.40. The van der Waals surface area contributed by atoms with E-state index < -0.39 is 0 Å². The van der Waals surface area contributed by atoms with Crippen molar-refractivity contribution in [3.63, 3.8) is 0 Å². The van der Waals surface area contributed by atoms with Gasteiger partial charge in [0.15, 0.2) is 11.5 Å². The summed E-state index contributed by atoms with van der Waals surface area (Å²) < 4.78 is 21.7. The Bertz CT molecular complexity index is 687. The van der Waals surface area contributed by atoms with Crippen molar-refractivity contribution in [2.45, 2.75) is 19.3 Å². The van der Waals surface area contributed by atoms with Gasteiger partial charge in [0.1, 0.15) is 11.5 Å². The molecule has 1 heterocycles. The first-order valence-corrected chi connectivity index (χ1v) is 9.08. The van der Waals surface area contributed by atoms with Crippen molar-refractivity contribution in [1.82, 2.24) is 4.90 Å². The normalized spacial score (nSPS) is 12.4. The molecule has 0 unspecified atom stereocenters. The lowest BCUT2D eigenvalue weighted by Gasteiger charge is -2.16. The van der Waals surface area contributed by atoms with Crippen LogP contribution in [0.4, 0.5) is 0 Å². The minimum absolute atomic E-state index is 0.292. The molecule has 0 atom stereocenters. The molecule has 0 saturated heterocycles. The molecule has 0 aliphatic carbocycles. The zero-order valence-electron chi connectivity index (χ0n) is 15.6. The molecule has 0 bridgehead atoms. The van der Waals surface area contributed by atoms with Crippen LogP contribution in [0.15, 0.2) is 42.5 Å². The van der Waals surface area contributed by atoms with E-state index in [1.165, 1.54) is 5.56 Å². The minimum Gasteiger partial charge on any atom is -0.497 e. The third-order valence-corrected chi connectivity index (χ3v) is 4.46. The molecular formula is C21H27NO4. The van der Waals surface area contributed by atoms with Crippen LogP contribution >= 0.6 is 0 Å². The van der Waals surface area contributed by atoms with Gasteiger partial charge in [-0.1, -0.05) is 12.1 Å². The highest BCUT2D eigenvalue weighted by molar-refractivity contribution is 5.46. The largest absolute Gasteiger partial charge is 0.497 e. The lowest BCUT2D eigenvalue weighted by molar-refractivity contribution is 0.173.